The predicted molar refractivity (Wildman–Crippen MR) is 128 cm³/mol. The highest BCUT2D eigenvalue weighted by molar-refractivity contribution is 6.65. The summed E-state index contributed by atoms with van der Waals surface area (Å²) in [7, 11) is 0. The van der Waals surface area contributed by atoms with Gasteiger partial charge in [0, 0.05) is 13.1 Å². The number of hydrogen-bond acceptors (Lipinski definition) is 4. The number of amidine groups is 1. The number of para-hydroxylation sites is 1. The van der Waals surface area contributed by atoms with Crippen LogP contribution in [0.4, 0.5) is 15.3 Å². The molecule has 0 aromatic heterocycles. The van der Waals surface area contributed by atoms with Gasteiger partial charge in [-0.3, -0.25) is 9.80 Å². The summed E-state index contributed by atoms with van der Waals surface area (Å²) in [6.07, 6.45) is -0.423. The summed E-state index contributed by atoms with van der Waals surface area (Å²) in [6.45, 7) is 13.5. The molecule has 32 heavy (non-hydrogen) atoms. The molecule has 0 spiro atoms. The van der Waals surface area contributed by atoms with Gasteiger partial charge in [0.1, 0.15) is 11.4 Å². The van der Waals surface area contributed by atoms with E-state index in [2.05, 4.69) is 16.7 Å². The van der Waals surface area contributed by atoms with Gasteiger partial charge in [0.2, 0.25) is 5.29 Å². The fraction of sp³-hybridized carbons (Fsp3) is 0.455. The van der Waals surface area contributed by atoms with Crippen molar-refractivity contribution in [1.82, 2.24) is 9.80 Å². The van der Waals surface area contributed by atoms with Gasteiger partial charge < -0.3 is 9.64 Å². The lowest BCUT2D eigenvalue weighted by molar-refractivity contribution is -0.00488. The zero-order valence-corrected chi connectivity index (χ0v) is 20.4. The second-order valence-electron chi connectivity index (χ2n) is 8.83. The van der Waals surface area contributed by atoms with Crippen molar-refractivity contribution in [3.8, 4) is 0 Å². The van der Waals surface area contributed by atoms with Crippen molar-refractivity contribution in [2.45, 2.75) is 46.3 Å². The lowest BCUT2D eigenvalue weighted by atomic mass is 10.0. The molecule has 1 fully saturated rings. The van der Waals surface area contributed by atoms with Crippen LogP contribution in [0.5, 0.6) is 0 Å². The quantitative estimate of drug-likeness (QED) is 0.346. The monoisotopic (exact) mass is 479 g/mol. The number of carbonyl (C=O) groups is 2. The molecule has 2 aliphatic rings. The lowest BCUT2D eigenvalue weighted by Gasteiger charge is -2.48. The van der Waals surface area contributed by atoms with Crippen LogP contribution < -0.4 is 4.90 Å². The van der Waals surface area contributed by atoms with Crippen LogP contribution >= 0.6 is 23.2 Å². The third-order valence-corrected chi connectivity index (χ3v) is 5.62. The number of ether oxygens (including phenoxy) is 1. The molecule has 1 saturated heterocycles. The van der Waals surface area contributed by atoms with Crippen LogP contribution in [0.1, 0.15) is 33.3 Å². The van der Waals surface area contributed by atoms with Crippen LogP contribution in [0.2, 0.25) is 5.02 Å². The van der Waals surface area contributed by atoms with E-state index in [0.717, 1.165) is 11.1 Å². The number of benzene rings is 1. The van der Waals surface area contributed by atoms with Crippen LogP contribution in [0.15, 0.2) is 39.6 Å². The maximum atomic E-state index is 13.7. The second kappa shape index (κ2) is 9.11. The van der Waals surface area contributed by atoms with Crippen molar-refractivity contribution < 1.29 is 14.3 Å². The van der Waals surface area contributed by atoms with E-state index in [0.29, 0.717) is 36.2 Å². The van der Waals surface area contributed by atoms with Crippen LogP contribution in [0, 0.1) is 6.92 Å². The number of anilines is 1. The van der Waals surface area contributed by atoms with Crippen LogP contribution in [0.25, 0.3) is 0 Å². The molecule has 2 heterocycles. The predicted octanol–water partition coefficient (Wildman–Crippen LogP) is 5.04. The van der Waals surface area contributed by atoms with Crippen molar-refractivity contribution in [3.05, 3.63) is 40.2 Å². The van der Waals surface area contributed by atoms with Gasteiger partial charge >= 0.3 is 12.1 Å². The Bertz CT molecular complexity index is 989. The number of hydrogen-bond donors (Lipinski definition) is 0. The molecule has 2 aliphatic heterocycles. The summed E-state index contributed by atoms with van der Waals surface area (Å²) >= 11 is 12.5. The highest BCUT2D eigenvalue weighted by Gasteiger charge is 2.44. The van der Waals surface area contributed by atoms with Gasteiger partial charge in [-0.1, -0.05) is 23.7 Å². The number of nitrogens with zero attached hydrogens (tertiary/aromatic N) is 5. The minimum Gasteiger partial charge on any atom is -0.444 e. The van der Waals surface area contributed by atoms with E-state index < -0.39 is 11.7 Å². The third kappa shape index (κ3) is 4.91. The number of likely N-dealkylation sites (tertiary alicyclic amines) is 1. The first-order valence-electron chi connectivity index (χ1n) is 10.2. The molecule has 0 bridgehead atoms. The molecule has 0 radical (unpaired) electrons. The first-order valence-corrected chi connectivity index (χ1v) is 10.9. The number of aliphatic imine (C=N–C) groups is 2. The minimum atomic E-state index is -0.601. The molecule has 3 rings (SSSR count). The average Bonchev–Trinajstić information content (AvgIpc) is 2.64. The first-order chi connectivity index (χ1) is 14.9. The molecule has 1 aromatic rings. The summed E-state index contributed by atoms with van der Waals surface area (Å²) in [5.74, 6) is 0.405. The average molecular weight is 480 g/mol. The molecular weight excluding hydrogens is 453 g/mol. The fourth-order valence-electron chi connectivity index (χ4n) is 3.64. The summed E-state index contributed by atoms with van der Waals surface area (Å²) in [6, 6.07) is 4.89. The largest absolute Gasteiger partial charge is 0.444 e. The lowest BCUT2D eigenvalue weighted by Crippen LogP contribution is -2.65. The molecule has 172 valence electrons. The third-order valence-electron chi connectivity index (χ3n) is 5.11. The van der Waals surface area contributed by atoms with E-state index in [1.54, 1.807) is 20.8 Å². The summed E-state index contributed by atoms with van der Waals surface area (Å²) in [4.78, 5) is 38.7. The maximum absolute atomic E-state index is 13.7. The maximum Gasteiger partial charge on any atom is 0.410 e. The molecule has 0 N–H and O–H groups in total. The Morgan fingerprint density at radius 3 is 2.47 bits per heavy atom. The number of rotatable bonds is 3. The van der Waals surface area contributed by atoms with Gasteiger partial charge in [-0.25, -0.2) is 19.6 Å². The van der Waals surface area contributed by atoms with E-state index in [1.165, 1.54) is 0 Å². The van der Waals surface area contributed by atoms with E-state index in [-0.39, 0.29) is 17.4 Å². The van der Waals surface area contributed by atoms with Gasteiger partial charge in [-0.05, 0) is 70.1 Å². The Balaban J connectivity index is 1.94. The Morgan fingerprint density at radius 1 is 1.25 bits per heavy atom. The molecule has 0 unspecified atom stereocenters. The Hall–Kier alpha value is -2.58. The van der Waals surface area contributed by atoms with Crippen molar-refractivity contribution in [2.24, 2.45) is 9.98 Å². The summed E-state index contributed by atoms with van der Waals surface area (Å²) in [5, 5.41) is 0.413. The SMILES string of the molecule is C=N/C(Cl)=N\C1=C(C)CN(c2c(C)cccc2Cl)C(=O)N1C1CN(C(=O)OC(C)(C)C)C1. The smallest absolute Gasteiger partial charge is 0.410 e. The number of halogens is 2. The van der Waals surface area contributed by atoms with Crippen LogP contribution in [0.3, 0.4) is 0 Å². The van der Waals surface area contributed by atoms with Crippen molar-refractivity contribution in [1.29, 1.82) is 0 Å². The van der Waals surface area contributed by atoms with E-state index in [1.807, 2.05) is 46.8 Å². The summed E-state index contributed by atoms with van der Waals surface area (Å²) < 4.78 is 5.43. The van der Waals surface area contributed by atoms with Crippen molar-refractivity contribution in [3.63, 3.8) is 0 Å². The van der Waals surface area contributed by atoms with Crippen molar-refractivity contribution >= 4 is 53.0 Å². The molecule has 0 atom stereocenters. The molecule has 8 nitrogen and oxygen atoms in total. The van der Waals surface area contributed by atoms with Crippen LogP contribution in [-0.2, 0) is 4.74 Å². The minimum absolute atomic E-state index is 0.0668. The Kier molecular flexibility index (Phi) is 6.86. The molecule has 3 amide bonds. The zero-order chi connectivity index (χ0) is 23.8. The number of urea groups is 1. The molecule has 10 heteroatoms. The molecule has 0 aliphatic carbocycles. The highest BCUT2D eigenvalue weighted by Crippen LogP contribution is 2.36. The standard InChI is InChI=1S/C22H27Cl2N5O3/c1-13-8-7-9-16(23)17(13)28-10-14(2)18(26-19(24)25-6)29(20(28)30)15-11-27(12-15)21(31)32-22(3,4)5/h7-9,15H,6,10-12H2,1-5H3/b26-19-. The summed E-state index contributed by atoms with van der Waals surface area (Å²) in [5.41, 5.74) is 1.72. The normalized spacial score (nSPS) is 18.2. The highest BCUT2D eigenvalue weighted by atomic mass is 35.5. The van der Waals surface area contributed by atoms with E-state index in [4.69, 9.17) is 27.9 Å². The van der Waals surface area contributed by atoms with Gasteiger partial charge in [0.05, 0.1) is 23.3 Å². The van der Waals surface area contributed by atoms with Crippen LogP contribution in [-0.4, -0.2) is 65.2 Å². The molecule has 1 aromatic carbocycles. The van der Waals surface area contributed by atoms with Gasteiger partial charge in [0.25, 0.3) is 0 Å². The topological polar surface area (TPSA) is 77.8 Å². The number of aryl methyl sites for hydroxylation is 1. The van der Waals surface area contributed by atoms with Gasteiger partial charge in [-0.2, -0.15) is 0 Å². The molecule has 0 saturated carbocycles. The molecular formula is C22H27Cl2N5O3. The van der Waals surface area contributed by atoms with Crippen molar-refractivity contribution in [2.75, 3.05) is 24.5 Å². The zero-order valence-electron chi connectivity index (χ0n) is 18.9. The van der Waals surface area contributed by atoms with Gasteiger partial charge in [-0.15, -0.1) is 0 Å². The van der Waals surface area contributed by atoms with E-state index >= 15 is 0 Å². The Morgan fingerprint density at radius 2 is 1.91 bits per heavy atom. The van der Waals surface area contributed by atoms with Gasteiger partial charge in [0.15, 0.2) is 0 Å². The number of amides is 3. The second-order valence-corrected chi connectivity index (χ2v) is 9.57. The number of carbonyl (C=O) groups excluding carboxylic acids is 2. The van der Waals surface area contributed by atoms with E-state index in [9.17, 15) is 9.59 Å². The Labute approximate surface area is 198 Å². The fourth-order valence-corrected chi connectivity index (χ4v) is 4.04. The first kappa shape index (κ1) is 24.1.